The van der Waals surface area contributed by atoms with E-state index >= 15 is 0 Å². The first-order valence-corrected chi connectivity index (χ1v) is 7.24. The maximum atomic E-state index is 12.4. The van der Waals surface area contributed by atoms with Crippen LogP contribution in [0, 0.1) is 17.8 Å². The molecule has 4 nitrogen and oxygen atoms in total. The van der Waals surface area contributed by atoms with E-state index in [2.05, 4.69) is 12.2 Å². The number of carbonyl (C=O) groups is 2. The first-order valence-electron chi connectivity index (χ1n) is 7.24. The number of esters is 2. The van der Waals surface area contributed by atoms with Gasteiger partial charge in [-0.1, -0.05) is 42.5 Å². The van der Waals surface area contributed by atoms with E-state index in [1.165, 1.54) is 6.92 Å². The number of fused-ring (bicyclic) bond motifs is 2. The number of hydrogen-bond donors (Lipinski definition) is 0. The topological polar surface area (TPSA) is 52.6 Å². The van der Waals surface area contributed by atoms with E-state index in [-0.39, 0.29) is 17.8 Å². The summed E-state index contributed by atoms with van der Waals surface area (Å²) in [7, 11) is 0. The molecule has 110 valence electrons. The molecule has 4 heteroatoms. The molecule has 0 spiro atoms. The van der Waals surface area contributed by atoms with Crippen LogP contribution in [-0.4, -0.2) is 11.9 Å². The monoisotopic (exact) mass is 286 g/mol. The Hall–Kier alpha value is -2.10. The number of ether oxygens (including phenoxy) is 2. The second-order valence-electron chi connectivity index (χ2n) is 5.68. The van der Waals surface area contributed by atoms with Gasteiger partial charge in [0.1, 0.15) is 0 Å². The third-order valence-electron chi connectivity index (χ3n) is 4.15. The molecule has 0 saturated heterocycles. The Bertz CT molecular complexity index is 563. The van der Waals surface area contributed by atoms with E-state index in [1.807, 2.05) is 18.2 Å². The third kappa shape index (κ3) is 2.99. The van der Waals surface area contributed by atoms with Crippen molar-refractivity contribution in [1.82, 2.24) is 0 Å². The summed E-state index contributed by atoms with van der Waals surface area (Å²) in [6.07, 6.45) is 5.18. The molecule has 0 amide bonds. The van der Waals surface area contributed by atoms with Gasteiger partial charge < -0.3 is 9.47 Å². The average molecular weight is 286 g/mol. The van der Waals surface area contributed by atoms with Crippen LogP contribution in [0.2, 0.25) is 0 Å². The second kappa shape index (κ2) is 5.72. The van der Waals surface area contributed by atoms with Gasteiger partial charge in [0.05, 0.1) is 5.92 Å². The minimum Gasteiger partial charge on any atom is -0.421 e. The van der Waals surface area contributed by atoms with E-state index in [1.54, 1.807) is 12.1 Å². The summed E-state index contributed by atoms with van der Waals surface area (Å²) in [5.74, 6) is -0.0825. The smallest absolute Gasteiger partial charge is 0.312 e. The molecule has 1 fully saturated rings. The summed E-state index contributed by atoms with van der Waals surface area (Å²) in [5.41, 5.74) is 0.666. The van der Waals surface area contributed by atoms with Gasteiger partial charge in [-0.2, -0.15) is 0 Å². The molecule has 0 N–H and O–H groups in total. The molecule has 1 saturated carbocycles. The van der Waals surface area contributed by atoms with E-state index in [9.17, 15) is 9.59 Å². The lowest BCUT2D eigenvalue weighted by atomic mass is 9.94. The highest BCUT2D eigenvalue weighted by Gasteiger charge is 2.41. The number of benzene rings is 1. The Morgan fingerprint density at radius 2 is 1.86 bits per heavy atom. The fourth-order valence-corrected chi connectivity index (χ4v) is 3.17. The van der Waals surface area contributed by atoms with Gasteiger partial charge in [-0.15, -0.1) is 0 Å². The maximum Gasteiger partial charge on any atom is 0.312 e. The van der Waals surface area contributed by atoms with Crippen LogP contribution in [0.4, 0.5) is 0 Å². The Balaban J connectivity index is 1.71. The normalized spacial score (nSPS) is 27.4. The molecule has 2 aliphatic carbocycles. The lowest BCUT2D eigenvalue weighted by Gasteiger charge is -2.22. The summed E-state index contributed by atoms with van der Waals surface area (Å²) >= 11 is 0. The first kappa shape index (κ1) is 13.9. The fourth-order valence-electron chi connectivity index (χ4n) is 3.17. The van der Waals surface area contributed by atoms with E-state index < -0.39 is 12.3 Å². The molecule has 2 aliphatic rings. The highest BCUT2D eigenvalue weighted by atomic mass is 16.7. The molecule has 0 radical (unpaired) electrons. The van der Waals surface area contributed by atoms with Crippen molar-refractivity contribution in [3.63, 3.8) is 0 Å². The van der Waals surface area contributed by atoms with Crippen LogP contribution in [0.3, 0.4) is 0 Å². The standard InChI is InChI=1S/C17H18O4/c1-11(18)20-17(13-5-3-2-4-6-13)21-16(19)15-10-12-7-8-14(15)9-12/h2-8,12,14-15,17H,9-10H2,1H3. The van der Waals surface area contributed by atoms with E-state index in [0.29, 0.717) is 11.5 Å². The quantitative estimate of drug-likeness (QED) is 0.485. The highest BCUT2D eigenvalue weighted by Crippen LogP contribution is 2.44. The van der Waals surface area contributed by atoms with Crippen molar-refractivity contribution in [2.75, 3.05) is 0 Å². The van der Waals surface area contributed by atoms with Crippen molar-refractivity contribution in [3.8, 4) is 0 Å². The molecular formula is C17H18O4. The van der Waals surface area contributed by atoms with Gasteiger partial charge >= 0.3 is 11.9 Å². The molecule has 4 atom stereocenters. The van der Waals surface area contributed by atoms with Gasteiger partial charge in [0.2, 0.25) is 0 Å². The van der Waals surface area contributed by atoms with Gasteiger partial charge in [0.25, 0.3) is 6.29 Å². The lowest BCUT2D eigenvalue weighted by molar-refractivity contribution is -0.191. The van der Waals surface area contributed by atoms with Crippen molar-refractivity contribution >= 4 is 11.9 Å². The number of allylic oxidation sites excluding steroid dienone is 2. The summed E-state index contributed by atoms with van der Waals surface area (Å²) in [6, 6.07) is 9.06. The highest BCUT2D eigenvalue weighted by molar-refractivity contribution is 5.74. The maximum absolute atomic E-state index is 12.4. The number of hydrogen-bond acceptors (Lipinski definition) is 4. The Morgan fingerprint density at radius 3 is 2.43 bits per heavy atom. The van der Waals surface area contributed by atoms with Gasteiger partial charge in [0.15, 0.2) is 0 Å². The molecule has 1 aromatic rings. The predicted molar refractivity (Wildman–Crippen MR) is 75.9 cm³/mol. The Labute approximate surface area is 123 Å². The molecule has 0 aromatic heterocycles. The van der Waals surface area contributed by atoms with Crippen LogP contribution in [0.1, 0.15) is 31.6 Å². The van der Waals surface area contributed by atoms with Crippen LogP contribution in [0.25, 0.3) is 0 Å². The molecule has 21 heavy (non-hydrogen) atoms. The van der Waals surface area contributed by atoms with Crippen LogP contribution >= 0.6 is 0 Å². The summed E-state index contributed by atoms with van der Waals surface area (Å²) in [6.45, 7) is 1.31. The van der Waals surface area contributed by atoms with Gasteiger partial charge in [-0.05, 0) is 24.7 Å². The minimum atomic E-state index is -0.959. The fraction of sp³-hybridized carbons (Fsp3) is 0.412. The summed E-state index contributed by atoms with van der Waals surface area (Å²) in [5, 5.41) is 0. The predicted octanol–water partition coefficient (Wildman–Crippen LogP) is 3.00. The summed E-state index contributed by atoms with van der Waals surface area (Å²) in [4.78, 5) is 23.6. The molecule has 2 bridgehead atoms. The lowest BCUT2D eigenvalue weighted by Crippen LogP contribution is -2.25. The van der Waals surface area contributed by atoms with Crippen molar-refractivity contribution < 1.29 is 19.1 Å². The van der Waals surface area contributed by atoms with Crippen molar-refractivity contribution in [2.45, 2.75) is 26.1 Å². The number of rotatable bonds is 4. The van der Waals surface area contributed by atoms with Crippen LogP contribution in [0.15, 0.2) is 42.5 Å². The molecule has 4 unspecified atom stereocenters. The Kier molecular flexibility index (Phi) is 3.78. The van der Waals surface area contributed by atoms with Crippen molar-refractivity contribution in [3.05, 3.63) is 48.0 Å². The van der Waals surface area contributed by atoms with Crippen molar-refractivity contribution in [2.24, 2.45) is 17.8 Å². The van der Waals surface area contributed by atoms with Gasteiger partial charge in [-0.3, -0.25) is 9.59 Å². The average Bonchev–Trinajstić information content (AvgIpc) is 3.09. The van der Waals surface area contributed by atoms with Crippen LogP contribution in [0.5, 0.6) is 0 Å². The molecular weight excluding hydrogens is 268 g/mol. The van der Waals surface area contributed by atoms with Crippen LogP contribution in [-0.2, 0) is 19.1 Å². The molecule has 1 aromatic carbocycles. The number of carbonyl (C=O) groups excluding carboxylic acids is 2. The largest absolute Gasteiger partial charge is 0.421 e. The Morgan fingerprint density at radius 1 is 1.10 bits per heavy atom. The zero-order chi connectivity index (χ0) is 14.8. The SMILES string of the molecule is CC(=O)OC(OC(=O)C1CC2C=CC1C2)c1ccccc1. The zero-order valence-corrected chi connectivity index (χ0v) is 11.9. The van der Waals surface area contributed by atoms with Gasteiger partial charge in [-0.25, -0.2) is 0 Å². The van der Waals surface area contributed by atoms with E-state index in [0.717, 1.165) is 12.8 Å². The zero-order valence-electron chi connectivity index (χ0n) is 11.9. The molecule has 0 aliphatic heterocycles. The van der Waals surface area contributed by atoms with E-state index in [4.69, 9.17) is 9.47 Å². The molecule has 3 rings (SSSR count). The second-order valence-corrected chi connectivity index (χ2v) is 5.68. The summed E-state index contributed by atoms with van der Waals surface area (Å²) < 4.78 is 10.6. The minimum absolute atomic E-state index is 0.109. The first-order chi connectivity index (χ1) is 10.1. The third-order valence-corrected chi connectivity index (χ3v) is 4.15. The molecule has 0 heterocycles. The van der Waals surface area contributed by atoms with Crippen molar-refractivity contribution in [1.29, 1.82) is 0 Å². The van der Waals surface area contributed by atoms with Gasteiger partial charge in [0, 0.05) is 12.5 Å². The van der Waals surface area contributed by atoms with Crippen LogP contribution < -0.4 is 0 Å².